The lowest BCUT2D eigenvalue weighted by molar-refractivity contribution is 0.363. The molecule has 3 rings (SSSR count). The van der Waals surface area contributed by atoms with Crippen LogP contribution in [0.2, 0.25) is 0 Å². The lowest BCUT2D eigenvalue weighted by Gasteiger charge is -2.29. The molecule has 1 heterocycles. The quantitative estimate of drug-likeness (QED) is 0.628. The van der Waals surface area contributed by atoms with Gasteiger partial charge in [-0.05, 0) is 30.4 Å². The van der Waals surface area contributed by atoms with Gasteiger partial charge in [0.2, 0.25) is 0 Å². The van der Waals surface area contributed by atoms with Crippen LogP contribution in [0.15, 0.2) is 30.3 Å². The number of aromatic nitrogens is 1. The van der Waals surface area contributed by atoms with Gasteiger partial charge in [-0.1, -0.05) is 76.5 Å². The molecule has 0 saturated heterocycles. The number of benzene rings is 1. The van der Waals surface area contributed by atoms with Gasteiger partial charge in [-0.25, -0.2) is 0 Å². The van der Waals surface area contributed by atoms with Crippen molar-refractivity contribution in [3.05, 3.63) is 36.0 Å². The van der Waals surface area contributed by atoms with E-state index in [4.69, 9.17) is 0 Å². The number of rotatable bonds is 1. The van der Waals surface area contributed by atoms with Crippen LogP contribution in [0, 0.1) is 0 Å². The fraction of sp³-hybridized carbons (Fsp3) is 0.600. The molecule has 1 aromatic heterocycles. The van der Waals surface area contributed by atoms with Crippen LogP contribution in [0.3, 0.4) is 0 Å². The number of hydrogen-bond acceptors (Lipinski definition) is 0. The lowest BCUT2D eigenvalue weighted by Crippen LogP contribution is -2.22. The summed E-state index contributed by atoms with van der Waals surface area (Å²) in [6.07, 6.45) is 14.0. The molecular weight excluding hydrogens is 254 g/mol. The number of H-pyrrole nitrogens is 1. The molecule has 0 amide bonds. The second-order valence-corrected chi connectivity index (χ2v) is 7.16. The van der Waals surface area contributed by atoms with Crippen LogP contribution in [0.5, 0.6) is 0 Å². The van der Waals surface area contributed by atoms with E-state index < -0.39 is 0 Å². The molecule has 0 radical (unpaired) electrons. The first-order valence-electron chi connectivity index (χ1n) is 8.86. The predicted molar refractivity (Wildman–Crippen MR) is 91.8 cm³/mol. The summed E-state index contributed by atoms with van der Waals surface area (Å²) in [6, 6.07) is 11.1. The van der Waals surface area contributed by atoms with Gasteiger partial charge < -0.3 is 4.98 Å². The van der Waals surface area contributed by atoms with Crippen LogP contribution >= 0.6 is 0 Å². The summed E-state index contributed by atoms with van der Waals surface area (Å²) in [6.45, 7) is 2.48. The molecule has 1 N–H and O–H groups in total. The molecule has 1 nitrogen and oxygen atoms in total. The van der Waals surface area contributed by atoms with Gasteiger partial charge in [0.1, 0.15) is 0 Å². The number of fused-ring (bicyclic) bond motifs is 1. The smallest absolute Gasteiger partial charge is 0.0456 e. The topological polar surface area (TPSA) is 15.8 Å². The van der Waals surface area contributed by atoms with Crippen LogP contribution in [-0.4, -0.2) is 4.98 Å². The Bertz CT molecular complexity index is 521. The Kier molecular flexibility index (Phi) is 4.67. The van der Waals surface area contributed by atoms with E-state index in [9.17, 15) is 0 Å². The largest absolute Gasteiger partial charge is 0.358 e. The van der Waals surface area contributed by atoms with Gasteiger partial charge in [0.05, 0.1) is 0 Å². The average Bonchev–Trinajstić information content (AvgIpc) is 2.91. The molecule has 1 fully saturated rings. The highest BCUT2D eigenvalue weighted by molar-refractivity contribution is 5.80. The zero-order valence-electron chi connectivity index (χ0n) is 13.5. The van der Waals surface area contributed by atoms with Gasteiger partial charge in [-0.15, -0.1) is 0 Å². The first-order chi connectivity index (χ1) is 10.3. The standard InChI is InChI=1S/C20H29N/c1-20(14-10-6-4-2-3-5-7-11-15-20)19-16-17-12-8-9-13-18(17)21-19/h8-9,12-13,16,21H,2-7,10-11,14-15H2,1H3. The molecule has 1 aliphatic rings. The zero-order chi connectivity index (χ0) is 14.5. The van der Waals surface area contributed by atoms with Crippen molar-refractivity contribution in [1.82, 2.24) is 4.98 Å². The Morgan fingerprint density at radius 2 is 1.38 bits per heavy atom. The third-order valence-corrected chi connectivity index (χ3v) is 5.39. The summed E-state index contributed by atoms with van der Waals surface area (Å²) in [5.74, 6) is 0. The van der Waals surface area contributed by atoms with Gasteiger partial charge >= 0.3 is 0 Å². The maximum absolute atomic E-state index is 3.71. The molecule has 0 unspecified atom stereocenters. The molecule has 0 aliphatic heterocycles. The van der Waals surface area contributed by atoms with Crippen molar-refractivity contribution in [2.75, 3.05) is 0 Å². The van der Waals surface area contributed by atoms with Crippen molar-refractivity contribution in [1.29, 1.82) is 0 Å². The number of hydrogen-bond donors (Lipinski definition) is 1. The van der Waals surface area contributed by atoms with Gasteiger partial charge in [-0.2, -0.15) is 0 Å². The molecule has 1 heteroatoms. The second-order valence-electron chi connectivity index (χ2n) is 7.16. The molecule has 0 bridgehead atoms. The first-order valence-corrected chi connectivity index (χ1v) is 8.86. The van der Waals surface area contributed by atoms with E-state index >= 15 is 0 Å². The Morgan fingerprint density at radius 3 is 2.00 bits per heavy atom. The van der Waals surface area contributed by atoms with Crippen molar-refractivity contribution < 1.29 is 0 Å². The van der Waals surface area contributed by atoms with Crippen LogP contribution in [0.1, 0.15) is 76.8 Å². The number of para-hydroxylation sites is 1. The van der Waals surface area contributed by atoms with E-state index in [-0.39, 0.29) is 0 Å². The maximum Gasteiger partial charge on any atom is 0.0456 e. The molecule has 114 valence electrons. The van der Waals surface area contributed by atoms with Crippen LogP contribution in [0.25, 0.3) is 10.9 Å². The minimum absolute atomic E-state index is 0.337. The summed E-state index contributed by atoms with van der Waals surface area (Å²) < 4.78 is 0. The van der Waals surface area contributed by atoms with Crippen LogP contribution in [0.4, 0.5) is 0 Å². The Labute approximate surface area is 129 Å². The van der Waals surface area contributed by atoms with Crippen molar-refractivity contribution >= 4 is 10.9 Å². The van der Waals surface area contributed by atoms with E-state index in [0.717, 1.165) is 0 Å². The van der Waals surface area contributed by atoms with Crippen LogP contribution < -0.4 is 0 Å². The average molecular weight is 283 g/mol. The predicted octanol–water partition coefficient (Wildman–Crippen LogP) is 6.34. The molecule has 1 aliphatic carbocycles. The third-order valence-electron chi connectivity index (χ3n) is 5.39. The fourth-order valence-electron chi connectivity index (χ4n) is 3.88. The molecule has 0 spiro atoms. The Hall–Kier alpha value is -1.24. The first kappa shape index (κ1) is 14.7. The minimum Gasteiger partial charge on any atom is -0.358 e. The maximum atomic E-state index is 3.71. The normalized spacial score (nSPS) is 21.0. The van der Waals surface area contributed by atoms with E-state index in [1.807, 2.05) is 0 Å². The fourth-order valence-corrected chi connectivity index (χ4v) is 3.88. The highest BCUT2D eigenvalue weighted by Crippen LogP contribution is 2.37. The summed E-state index contributed by atoms with van der Waals surface area (Å²) in [5, 5.41) is 1.36. The van der Waals surface area contributed by atoms with Crippen molar-refractivity contribution in [2.45, 2.75) is 76.5 Å². The Morgan fingerprint density at radius 1 is 0.810 bits per heavy atom. The van der Waals surface area contributed by atoms with E-state index in [0.29, 0.717) is 5.41 Å². The van der Waals surface area contributed by atoms with Crippen LogP contribution in [-0.2, 0) is 5.41 Å². The number of aromatic amines is 1. The lowest BCUT2D eigenvalue weighted by atomic mass is 9.77. The zero-order valence-corrected chi connectivity index (χ0v) is 13.5. The SMILES string of the molecule is CC1(c2cc3ccccc3[nH]2)CCCCCCCCCC1. The molecular formula is C20H29N. The van der Waals surface area contributed by atoms with Gasteiger partial charge in [0, 0.05) is 16.6 Å². The monoisotopic (exact) mass is 283 g/mol. The highest BCUT2D eigenvalue weighted by Gasteiger charge is 2.27. The summed E-state index contributed by atoms with van der Waals surface area (Å²) >= 11 is 0. The Balaban J connectivity index is 1.83. The summed E-state index contributed by atoms with van der Waals surface area (Å²) in [4.78, 5) is 3.71. The minimum atomic E-state index is 0.337. The number of nitrogens with one attached hydrogen (secondary N) is 1. The molecule has 21 heavy (non-hydrogen) atoms. The van der Waals surface area contributed by atoms with Crippen molar-refractivity contribution in [3.63, 3.8) is 0 Å². The molecule has 2 aromatic rings. The molecule has 1 aromatic carbocycles. The molecule has 1 saturated carbocycles. The third kappa shape index (κ3) is 3.51. The van der Waals surface area contributed by atoms with Gasteiger partial charge in [-0.3, -0.25) is 0 Å². The van der Waals surface area contributed by atoms with E-state index in [1.54, 1.807) is 0 Å². The second kappa shape index (κ2) is 6.68. The summed E-state index contributed by atoms with van der Waals surface area (Å²) in [7, 11) is 0. The van der Waals surface area contributed by atoms with E-state index in [1.165, 1.54) is 80.8 Å². The summed E-state index contributed by atoms with van der Waals surface area (Å²) in [5.41, 5.74) is 3.09. The molecule has 0 atom stereocenters. The van der Waals surface area contributed by atoms with Gasteiger partial charge in [0.15, 0.2) is 0 Å². The van der Waals surface area contributed by atoms with Crippen molar-refractivity contribution in [3.8, 4) is 0 Å². The van der Waals surface area contributed by atoms with Gasteiger partial charge in [0.25, 0.3) is 0 Å². The van der Waals surface area contributed by atoms with E-state index in [2.05, 4.69) is 42.2 Å². The highest BCUT2D eigenvalue weighted by atomic mass is 14.7. The van der Waals surface area contributed by atoms with Crippen molar-refractivity contribution in [2.24, 2.45) is 0 Å².